The Morgan fingerprint density at radius 1 is 1.38 bits per heavy atom. The van der Waals surface area contributed by atoms with Gasteiger partial charge in [-0.1, -0.05) is 45.6 Å². The van der Waals surface area contributed by atoms with E-state index >= 15 is 0 Å². The third-order valence-corrected chi connectivity index (χ3v) is 6.17. The predicted molar refractivity (Wildman–Crippen MR) is 72.3 cm³/mol. The Kier molecular flexibility index (Phi) is 6.64. The van der Waals surface area contributed by atoms with Crippen LogP contribution in [-0.2, 0) is 9.53 Å². The Labute approximate surface area is 101 Å². The summed E-state index contributed by atoms with van der Waals surface area (Å²) in [5, 5.41) is 0. The van der Waals surface area contributed by atoms with Crippen LogP contribution < -0.4 is 0 Å². The van der Waals surface area contributed by atoms with Gasteiger partial charge in [0, 0.05) is 13.6 Å². The number of carbonyl (C=O) groups excluding carboxylic acids is 1. The lowest BCUT2D eigenvalue weighted by atomic mass is 10.3. The molecule has 0 fully saturated rings. The van der Waals surface area contributed by atoms with E-state index in [1.165, 1.54) is 12.1 Å². The molecule has 0 spiro atoms. The van der Waals surface area contributed by atoms with Crippen LogP contribution in [0.3, 0.4) is 0 Å². The highest BCUT2D eigenvalue weighted by Gasteiger charge is 2.21. The first-order valence-corrected chi connectivity index (χ1v) is 9.48. The van der Waals surface area contributed by atoms with E-state index < -0.39 is 8.07 Å². The van der Waals surface area contributed by atoms with E-state index in [4.69, 9.17) is 4.74 Å². The van der Waals surface area contributed by atoms with Crippen molar-refractivity contribution in [1.29, 1.82) is 0 Å². The minimum atomic E-state index is -1.08. The fraction of sp³-hybridized carbons (Fsp3) is 0.769. The van der Waals surface area contributed by atoms with Gasteiger partial charge in [-0.05, 0) is 19.3 Å². The van der Waals surface area contributed by atoms with Crippen molar-refractivity contribution in [2.45, 2.75) is 52.4 Å². The SMILES string of the molecule is C=C(C)C(=O)OCCC[Si](C)(C)CC(C)C. The number of carbonyl (C=O) groups is 1. The number of rotatable bonds is 7. The zero-order chi connectivity index (χ0) is 12.8. The molecular formula is C13H26O2Si. The molecule has 0 aromatic rings. The van der Waals surface area contributed by atoms with Gasteiger partial charge in [0.15, 0.2) is 0 Å². The van der Waals surface area contributed by atoms with E-state index in [1.54, 1.807) is 6.92 Å². The van der Waals surface area contributed by atoms with Crippen molar-refractivity contribution in [3.8, 4) is 0 Å². The summed E-state index contributed by atoms with van der Waals surface area (Å²) in [5.41, 5.74) is 0.485. The third kappa shape index (κ3) is 7.68. The van der Waals surface area contributed by atoms with Crippen molar-refractivity contribution in [1.82, 2.24) is 0 Å². The summed E-state index contributed by atoms with van der Waals surface area (Å²) in [6.07, 6.45) is 0.991. The molecular weight excluding hydrogens is 216 g/mol. The normalized spacial score (nSPS) is 11.6. The van der Waals surface area contributed by atoms with Crippen LogP contribution in [0.4, 0.5) is 0 Å². The molecule has 0 aliphatic heterocycles. The van der Waals surface area contributed by atoms with Crippen LogP contribution in [0.2, 0.25) is 25.2 Å². The zero-order valence-corrected chi connectivity index (χ0v) is 12.4. The highest BCUT2D eigenvalue weighted by atomic mass is 28.3. The van der Waals surface area contributed by atoms with Crippen LogP contribution in [0.15, 0.2) is 12.2 Å². The molecule has 3 heteroatoms. The molecule has 0 aromatic carbocycles. The highest BCUT2D eigenvalue weighted by molar-refractivity contribution is 6.77. The average Bonchev–Trinajstić information content (AvgIpc) is 2.09. The van der Waals surface area contributed by atoms with Crippen LogP contribution in [0.25, 0.3) is 0 Å². The summed E-state index contributed by atoms with van der Waals surface area (Å²) in [7, 11) is -1.08. The van der Waals surface area contributed by atoms with Crippen LogP contribution in [0, 0.1) is 5.92 Å². The van der Waals surface area contributed by atoms with Gasteiger partial charge in [0.25, 0.3) is 0 Å². The van der Waals surface area contributed by atoms with Crippen molar-refractivity contribution in [3.05, 3.63) is 12.2 Å². The van der Waals surface area contributed by atoms with Crippen LogP contribution in [-0.4, -0.2) is 20.7 Å². The van der Waals surface area contributed by atoms with Crippen molar-refractivity contribution in [2.75, 3.05) is 6.61 Å². The van der Waals surface area contributed by atoms with Gasteiger partial charge in [0.2, 0.25) is 0 Å². The van der Waals surface area contributed by atoms with Gasteiger partial charge in [0.1, 0.15) is 0 Å². The lowest BCUT2D eigenvalue weighted by Gasteiger charge is -2.24. The average molecular weight is 242 g/mol. The number of hydrogen-bond acceptors (Lipinski definition) is 2. The first-order valence-electron chi connectivity index (χ1n) is 6.07. The van der Waals surface area contributed by atoms with Crippen LogP contribution >= 0.6 is 0 Å². The van der Waals surface area contributed by atoms with Gasteiger partial charge in [-0.15, -0.1) is 0 Å². The molecule has 0 saturated heterocycles. The fourth-order valence-corrected chi connectivity index (χ4v) is 5.56. The lowest BCUT2D eigenvalue weighted by molar-refractivity contribution is -0.138. The maximum Gasteiger partial charge on any atom is 0.333 e. The molecule has 0 saturated carbocycles. The number of ether oxygens (including phenoxy) is 1. The Balaban J connectivity index is 3.73. The van der Waals surface area contributed by atoms with E-state index in [2.05, 4.69) is 33.5 Å². The Hall–Kier alpha value is -0.573. The first-order chi connectivity index (χ1) is 7.24. The molecule has 0 heterocycles. The molecule has 0 unspecified atom stereocenters. The molecule has 0 aliphatic carbocycles. The van der Waals surface area contributed by atoms with Crippen molar-refractivity contribution < 1.29 is 9.53 Å². The molecule has 0 atom stereocenters. The van der Waals surface area contributed by atoms with Crippen LogP contribution in [0.5, 0.6) is 0 Å². The van der Waals surface area contributed by atoms with E-state index in [1.807, 2.05) is 0 Å². The van der Waals surface area contributed by atoms with Crippen molar-refractivity contribution in [3.63, 3.8) is 0 Å². The monoisotopic (exact) mass is 242 g/mol. The second-order valence-corrected chi connectivity index (χ2v) is 11.0. The number of esters is 1. The van der Waals surface area contributed by atoms with Gasteiger partial charge >= 0.3 is 5.97 Å². The Bertz CT molecular complexity index is 244. The van der Waals surface area contributed by atoms with E-state index in [0.717, 1.165) is 12.3 Å². The van der Waals surface area contributed by atoms with Gasteiger partial charge in [0.05, 0.1) is 6.61 Å². The number of hydrogen-bond donors (Lipinski definition) is 0. The fourth-order valence-electron chi connectivity index (χ4n) is 2.05. The maximum absolute atomic E-state index is 11.1. The summed E-state index contributed by atoms with van der Waals surface area (Å²) >= 11 is 0. The molecule has 0 aromatic heterocycles. The third-order valence-electron chi connectivity index (χ3n) is 2.54. The van der Waals surface area contributed by atoms with Gasteiger partial charge < -0.3 is 4.74 Å². The smallest absolute Gasteiger partial charge is 0.333 e. The molecule has 0 aliphatic rings. The molecule has 16 heavy (non-hydrogen) atoms. The maximum atomic E-state index is 11.1. The quantitative estimate of drug-likeness (QED) is 0.293. The lowest BCUT2D eigenvalue weighted by Crippen LogP contribution is -2.27. The summed E-state index contributed by atoms with van der Waals surface area (Å²) < 4.78 is 5.09. The van der Waals surface area contributed by atoms with Crippen LogP contribution in [0.1, 0.15) is 27.2 Å². The highest BCUT2D eigenvalue weighted by Crippen LogP contribution is 2.22. The Morgan fingerprint density at radius 2 is 1.94 bits per heavy atom. The predicted octanol–water partition coefficient (Wildman–Crippen LogP) is 3.86. The molecule has 0 bridgehead atoms. The summed E-state index contributed by atoms with van der Waals surface area (Å²) in [4.78, 5) is 11.1. The van der Waals surface area contributed by atoms with Gasteiger partial charge in [-0.2, -0.15) is 0 Å². The second-order valence-electron chi connectivity index (χ2n) is 5.78. The second kappa shape index (κ2) is 6.89. The van der Waals surface area contributed by atoms with Gasteiger partial charge in [-0.25, -0.2) is 4.79 Å². The van der Waals surface area contributed by atoms with Crippen molar-refractivity contribution in [2.24, 2.45) is 5.92 Å². The zero-order valence-electron chi connectivity index (χ0n) is 11.4. The first kappa shape index (κ1) is 15.4. The molecule has 0 amide bonds. The van der Waals surface area contributed by atoms with Gasteiger partial charge in [-0.3, -0.25) is 0 Å². The van der Waals surface area contributed by atoms with E-state index in [9.17, 15) is 4.79 Å². The standard InChI is InChI=1S/C13H26O2Si/c1-11(2)10-16(5,6)9-7-8-15-13(14)12(3)4/h11H,3,7-10H2,1-2,4-6H3. The summed E-state index contributed by atoms with van der Waals surface area (Å²) in [6, 6.07) is 2.58. The molecule has 94 valence electrons. The Morgan fingerprint density at radius 3 is 2.38 bits per heavy atom. The largest absolute Gasteiger partial charge is 0.462 e. The summed E-state index contributed by atoms with van der Waals surface area (Å²) in [5.74, 6) is 0.517. The van der Waals surface area contributed by atoms with E-state index in [-0.39, 0.29) is 5.97 Å². The molecule has 0 radical (unpaired) electrons. The summed E-state index contributed by atoms with van der Waals surface area (Å²) in [6.45, 7) is 15.1. The minimum Gasteiger partial charge on any atom is -0.462 e. The molecule has 0 N–H and O–H groups in total. The minimum absolute atomic E-state index is 0.261. The van der Waals surface area contributed by atoms with E-state index in [0.29, 0.717) is 12.2 Å². The molecule has 0 rings (SSSR count). The topological polar surface area (TPSA) is 26.3 Å². The van der Waals surface area contributed by atoms with Crippen molar-refractivity contribution >= 4 is 14.0 Å². The molecule has 2 nitrogen and oxygen atoms in total.